The van der Waals surface area contributed by atoms with Gasteiger partial charge in [-0.05, 0) is 47.4 Å². The van der Waals surface area contributed by atoms with Crippen molar-refractivity contribution in [1.82, 2.24) is 0 Å². The van der Waals surface area contributed by atoms with E-state index in [1.165, 1.54) is 0 Å². The summed E-state index contributed by atoms with van der Waals surface area (Å²) in [6.07, 6.45) is 5.18. The maximum atomic E-state index is 13.5. The van der Waals surface area contributed by atoms with Crippen molar-refractivity contribution >= 4 is 35.6 Å². The number of hydrogen-bond donors (Lipinski definition) is 0. The van der Waals surface area contributed by atoms with Gasteiger partial charge in [0.1, 0.15) is 0 Å². The third-order valence-corrected chi connectivity index (χ3v) is 6.16. The molecule has 182 valence electrons. The van der Waals surface area contributed by atoms with Crippen molar-refractivity contribution in [1.29, 1.82) is 0 Å². The number of unbranched alkanes of at least 4 members (excludes halogenated alkanes) is 1. The molecule has 0 atom stereocenters. The standard InChI is InChI=1S/C32H26N2O3/c1-2-3-16-37-32(36)29-19-25(34-21-23-12-8-5-9-13-23)18-28-30(29)26-15-14-24(17-27(26)31(28)35)33-20-22-10-6-4-7-11-22/h4-15,17-21H,2-3,16H2,1H3. The lowest BCUT2D eigenvalue weighted by atomic mass is 9.98. The van der Waals surface area contributed by atoms with Crippen LogP contribution in [-0.2, 0) is 4.74 Å². The van der Waals surface area contributed by atoms with Crippen LogP contribution in [0.1, 0.15) is 57.2 Å². The predicted molar refractivity (Wildman–Crippen MR) is 148 cm³/mol. The first-order valence-corrected chi connectivity index (χ1v) is 12.4. The zero-order chi connectivity index (χ0) is 25.6. The minimum atomic E-state index is -0.451. The van der Waals surface area contributed by atoms with E-state index in [1.54, 1.807) is 30.6 Å². The highest BCUT2D eigenvalue weighted by atomic mass is 16.5. The minimum absolute atomic E-state index is 0.152. The van der Waals surface area contributed by atoms with Crippen LogP contribution in [-0.4, -0.2) is 30.8 Å². The Bertz CT molecular complexity index is 1510. The lowest BCUT2D eigenvalue weighted by Gasteiger charge is -2.11. The summed E-state index contributed by atoms with van der Waals surface area (Å²) in [5.41, 5.74) is 5.70. The Hall–Kier alpha value is -4.64. The van der Waals surface area contributed by atoms with Crippen molar-refractivity contribution < 1.29 is 14.3 Å². The van der Waals surface area contributed by atoms with Crippen LogP contribution in [0.4, 0.5) is 11.4 Å². The van der Waals surface area contributed by atoms with E-state index in [2.05, 4.69) is 9.98 Å². The van der Waals surface area contributed by atoms with Crippen molar-refractivity contribution in [3.8, 4) is 11.1 Å². The fraction of sp³-hybridized carbons (Fsp3) is 0.125. The predicted octanol–water partition coefficient (Wildman–Crippen LogP) is 7.36. The molecule has 0 spiro atoms. The lowest BCUT2D eigenvalue weighted by Crippen LogP contribution is -2.08. The van der Waals surface area contributed by atoms with Gasteiger partial charge in [-0.1, -0.05) is 80.1 Å². The second-order valence-electron chi connectivity index (χ2n) is 8.80. The van der Waals surface area contributed by atoms with Crippen molar-refractivity contribution in [2.24, 2.45) is 9.98 Å². The molecule has 0 amide bonds. The summed E-state index contributed by atoms with van der Waals surface area (Å²) in [4.78, 5) is 35.8. The Balaban J connectivity index is 1.54. The zero-order valence-electron chi connectivity index (χ0n) is 20.6. The normalized spacial score (nSPS) is 12.2. The first-order valence-electron chi connectivity index (χ1n) is 12.4. The number of rotatable bonds is 8. The van der Waals surface area contributed by atoms with Gasteiger partial charge in [-0.25, -0.2) is 4.79 Å². The fourth-order valence-electron chi connectivity index (χ4n) is 4.26. The molecule has 4 aromatic carbocycles. The second kappa shape index (κ2) is 11.0. The first-order chi connectivity index (χ1) is 18.1. The second-order valence-corrected chi connectivity index (χ2v) is 8.80. The summed E-state index contributed by atoms with van der Waals surface area (Å²) >= 11 is 0. The monoisotopic (exact) mass is 486 g/mol. The molecule has 5 nitrogen and oxygen atoms in total. The number of ketones is 1. The maximum absolute atomic E-state index is 13.5. The first kappa shape index (κ1) is 24.1. The van der Waals surface area contributed by atoms with E-state index in [0.717, 1.165) is 24.0 Å². The Morgan fingerprint density at radius 2 is 1.38 bits per heavy atom. The molecule has 37 heavy (non-hydrogen) atoms. The SMILES string of the molecule is CCCCOC(=O)c1cc(N=Cc2ccccc2)cc2c1-c1ccc(N=Cc3ccccc3)cc1C2=O. The molecule has 0 saturated heterocycles. The van der Waals surface area contributed by atoms with E-state index in [4.69, 9.17) is 4.74 Å². The molecule has 0 bridgehead atoms. The van der Waals surface area contributed by atoms with Crippen LogP contribution in [0.2, 0.25) is 0 Å². The number of benzene rings is 4. The van der Waals surface area contributed by atoms with Crippen molar-refractivity contribution in [3.63, 3.8) is 0 Å². The van der Waals surface area contributed by atoms with Crippen molar-refractivity contribution in [2.45, 2.75) is 19.8 Å². The maximum Gasteiger partial charge on any atom is 0.338 e. The lowest BCUT2D eigenvalue weighted by molar-refractivity contribution is 0.0500. The fourth-order valence-corrected chi connectivity index (χ4v) is 4.26. The Labute approximate surface area is 216 Å². The van der Waals surface area contributed by atoms with Gasteiger partial charge < -0.3 is 4.74 Å². The van der Waals surface area contributed by atoms with Gasteiger partial charge in [-0.15, -0.1) is 0 Å². The van der Waals surface area contributed by atoms with E-state index < -0.39 is 5.97 Å². The van der Waals surface area contributed by atoms with Crippen LogP contribution in [0.15, 0.2) is 101 Å². The molecular weight excluding hydrogens is 460 g/mol. The van der Waals surface area contributed by atoms with Gasteiger partial charge in [-0.3, -0.25) is 14.8 Å². The molecule has 4 aromatic rings. The number of esters is 1. The number of carbonyl (C=O) groups is 2. The van der Waals surface area contributed by atoms with Crippen LogP contribution in [0.25, 0.3) is 11.1 Å². The quantitative estimate of drug-likeness (QED) is 0.131. The molecule has 0 unspecified atom stereocenters. The highest BCUT2D eigenvalue weighted by Crippen LogP contribution is 2.42. The van der Waals surface area contributed by atoms with Gasteiger partial charge in [0.2, 0.25) is 0 Å². The van der Waals surface area contributed by atoms with E-state index in [9.17, 15) is 9.59 Å². The third kappa shape index (κ3) is 5.31. The molecule has 0 heterocycles. The van der Waals surface area contributed by atoms with Gasteiger partial charge >= 0.3 is 5.97 Å². The molecule has 0 aliphatic heterocycles. The van der Waals surface area contributed by atoms with Gasteiger partial charge in [0.15, 0.2) is 5.78 Å². The largest absolute Gasteiger partial charge is 0.462 e. The molecule has 0 radical (unpaired) electrons. The summed E-state index contributed by atoms with van der Waals surface area (Å²) < 4.78 is 5.55. The van der Waals surface area contributed by atoms with Crippen LogP contribution in [0.3, 0.4) is 0 Å². The molecule has 0 aromatic heterocycles. The summed E-state index contributed by atoms with van der Waals surface area (Å²) in [6, 6.07) is 28.4. The van der Waals surface area contributed by atoms with Crippen LogP contribution < -0.4 is 0 Å². The number of hydrogen-bond acceptors (Lipinski definition) is 5. The minimum Gasteiger partial charge on any atom is -0.462 e. The van der Waals surface area contributed by atoms with Crippen LogP contribution in [0.5, 0.6) is 0 Å². The van der Waals surface area contributed by atoms with Gasteiger partial charge in [0.05, 0.1) is 23.5 Å². The average molecular weight is 487 g/mol. The molecule has 0 N–H and O–H groups in total. The highest BCUT2D eigenvalue weighted by molar-refractivity contribution is 6.25. The molecule has 1 aliphatic carbocycles. The molecule has 5 rings (SSSR count). The Morgan fingerprint density at radius 1 is 0.757 bits per heavy atom. The van der Waals surface area contributed by atoms with Crippen molar-refractivity contribution in [3.05, 3.63) is 119 Å². The highest BCUT2D eigenvalue weighted by Gasteiger charge is 2.32. The summed E-state index contributed by atoms with van der Waals surface area (Å²) in [5, 5.41) is 0. The summed E-state index contributed by atoms with van der Waals surface area (Å²) in [6.45, 7) is 2.37. The van der Waals surface area contributed by atoms with E-state index in [-0.39, 0.29) is 5.78 Å². The van der Waals surface area contributed by atoms with E-state index >= 15 is 0 Å². The molecular formula is C32H26N2O3. The van der Waals surface area contributed by atoms with Crippen molar-refractivity contribution in [2.75, 3.05) is 6.61 Å². The zero-order valence-corrected chi connectivity index (χ0v) is 20.6. The molecule has 5 heteroatoms. The number of aliphatic imine (C=N–C) groups is 2. The molecule has 1 aliphatic rings. The number of carbonyl (C=O) groups excluding carboxylic acids is 2. The van der Waals surface area contributed by atoms with Gasteiger partial charge in [-0.2, -0.15) is 0 Å². The van der Waals surface area contributed by atoms with Crippen LogP contribution >= 0.6 is 0 Å². The summed E-state index contributed by atoms with van der Waals surface area (Å²) in [7, 11) is 0. The Morgan fingerprint density at radius 3 is 2.03 bits per heavy atom. The third-order valence-electron chi connectivity index (χ3n) is 6.16. The van der Waals surface area contributed by atoms with Gasteiger partial charge in [0, 0.05) is 29.1 Å². The number of fused-ring (bicyclic) bond motifs is 3. The molecule has 0 saturated carbocycles. The molecule has 0 fully saturated rings. The number of ether oxygens (including phenoxy) is 1. The summed E-state index contributed by atoms with van der Waals surface area (Å²) in [5.74, 6) is -0.602. The average Bonchev–Trinajstić information content (AvgIpc) is 3.22. The van der Waals surface area contributed by atoms with E-state index in [1.807, 2.05) is 79.7 Å². The van der Waals surface area contributed by atoms with Crippen LogP contribution in [0, 0.1) is 0 Å². The van der Waals surface area contributed by atoms with E-state index in [0.29, 0.717) is 45.8 Å². The van der Waals surface area contributed by atoms with Gasteiger partial charge in [0.25, 0.3) is 0 Å². The smallest absolute Gasteiger partial charge is 0.338 e. The number of nitrogens with zero attached hydrogens (tertiary/aromatic N) is 2. The topological polar surface area (TPSA) is 68.1 Å². The Kier molecular flexibility index (Phi) is 7.13.